The molecule has 146 valence electrons. The summed E-state index contributed by atoms with van der Waals surface area (Å²) in [6.07, 6.45) is 0. The van der Waals surface area contributed by atoms with Crippen LogP contribution in [0.1, 0.15) is 45.7 Å². The van der Waals surface area contributed by atoms with Crippen molar-refractivity contribution in [1.29, 1.82) is 0 Å². The number of aromatic hydroxyl groups is 1. The molecular formula is C23H21N3O3. The van der Waals surface area contributed by atoms with E-state index in [-0.39, 0.29) is 40.0 Å². The lowest BCUT2D eigenvalue weighted by molar-refractivity contribution is 0.0977. The van der Waals surface area contributed by atoms with Crippen molar-refractivity contribution in [2.75, 3.05) is 10.7 Å². The molecular weight excluding hydrogens is 366 g/mol. The van der Waals surface area contributed by atoms with Gasteiger partial charge in [-0.25, -0.2) is 5.43 Å². The van der Waals surface area contributed by atoms with Crippen molar-refractivity contribution in [2.24, 2.45) is 0 Å². The first-order valence-corrected chi connectivity index (χ1v) is 9.34. The summed E-state index contributed by atoms with van der Waals surface area (Å²) < 4.78 is 0. The van der Waals surface area contributed by atoms with E-state index >= 15 is 0 Å². The molecule has 3 aromatic rings. The zero-order chi connectivity index (χ0) is 20.7. The van der Waals surface area contributed by atoms with E-state index in [2.05, 4.69) is 5.43 Å². The van der Waals surface area contributed by atoms with E-state index in [9.17, 15) is 14.7 Å². The molecule has 0 atom stereocenters. The van der Waals surface area contributed by atoms with E-state index < -0.39 is 0 Å². The van der Waals surface area contributed by atoms with Crippen molar-refractivity contribution in [3.63, 3.8) is 0 Å². The van der Waals surface area contributed by atoms with E-state index in [1.807, 2.05) is 26.0 Å². The van der Waals surface area contributed by atoms with E-state index in [1.54, 1.807) is 47.5 Å². The molecule has 29 heavy (non-hydrogen) atoms. The highest BCUT2D eigenvalue weighted by atomic mass is 16.3. The largest absolute Gasteiger partial charge is 0.507 e. The lowest BCUT2D eigenvalue weighted by Crippen LogP contribution is -2.40. The highest BCUT2D eigenvalue weighted by molar-refractivity contribution is 6.31. The number of benzene rings is 3. The number of phenols is 1. The molecule has 1 aliphatic rings. The fraction of sp³-hybridized carbons (Fsp3) is 0.130. The van der Waals surface area contributed by atoms with Gasteiger partial charge in [-0.3, -0.25) is 14.6 Å². The second-order valence-corrected chi connectivity index (χ2v) is 7.27. The minimum Gasteiger partial charge on any atom is -0.507 e. The molecule has 3 aromatic carbocycles. The molecule has 0 saturated carbocycles. The highest BCUT2D eigenvalue weighted by Crippen LogP contribution is 2.38. The number of anilines is 3. The molecule has 0 heterocycles. The van der Waals surface area contributed by atoms with Crippen LogP contribution in [-0.2, 0) is 0 Å². The minimum absolute atomic E-state index is 0.0537. The number of carbonyl (C=O) groups is 2. The maximum absolute atomic E-state index is 13.4. The van der Waals surface area contributed by atoms with Crippen LogP contribution >= 0.6 is 0 Å². The van der Waals surface area contributed by atoms with Crippen molar-refractivity contribution < 1.29 is 14.7 Å². The van der Waals surface area contributed by atoms with Gasteiger partial charge in [0.15, 0.2) is 11.6 Å². The van der Waals surface area contributed by atoms with Gasteiger partial charge in [0.05, 0.1) is 22.5 Å². The van der Waals surface area contributed by atoms with Crippen LogP contribution in [0.5, 0.6) is 5.75 Å². The SMILES string of the molecule is CC(C)NN(c1ccc(N)cc1)c1cccc2c1C(=O)c1cccc(O)c1C2=O. The smallest absolute Gasteiger partial charge is 0.198 e. The molecule has 0 aliphatic heterocycles. The standard InChI is InChI=1S/C23H21N3O3/c1-13(2)25-26(15-11-9-14(24)10-12-15)18-7-3-5-16-20(18)22(28)17-6-4-8-19(27)21(17)23(16)29/h3-13,25,27H,24H2,1-2H3. The van der Waals surface area contributed by atoms with E-state index in [1.165, 1.54) is 6.07 Å². The number of fused-ring (bicyclic) bond motifs is 2. The topological polar surface area (TPSA) is 95.7 Å². The van der Waals surface area contributed by atoms with Gasteiger partial charge in [0.2, 0.25) is 0 Å². The van der Waals surface area contributed by atoms with Crippen LogP contribution in [0.3, 0.4) is 0 Å². The number of phenolic OH excluding ortho intramolecular Hbond substituents is 1. The zero-order valence-electron chi connectivity index (χ0n) is 16.1. The lowest BCUT2D eigenvalue weighted by Gasteiger charge is -2.31. The molecule has 0 aromatic heterocycles. The number of hydrogen-bond acceptors (Lipinski definition) is 6. The second-order valence-electron chi connectivity index (χ2n) is 7.27. The van der Waals surface area contributed by atoms with Gasteiger partial charge in [-0.15, -0.1) is 0 Å². The first-order chi connectivity index (χ1) is 13.9. The summed E-state index contributed by atoms with van der Waals surface area (Å²) in [7, 11) is 0. The fourth-order valence-electron chi connectivity index (χ4n) is 3.56. The Kier molecular flexibility index (Phi) is 4.56. The molecule has 0 amide bonds. The highest BCUT2D eigenvalue weighted by Gasteiger charge is 2.35. The molecule has 0 spiro atoms. The molecule has 6 nitrogen and oxygen atoms in total. The number of nitrogens with one attached hydrogen (secondary N) is 1. The summed E-state index contributed by atoms with van der Waals surface area (Å²) in [6.45, 7) is 3.97. The normalized spacial score (nSPS) is 12.7. The monoisotopic (exact) mass is 387 g/mol. The third-order valence-electron chi connectivity index (χ3n) is 4.81. The lowest BCUT2D eigenvalue weighted by atomic mass is 9.82. The van der Waals surface area contributed by atoms with Crippen LogP contribution in [0.4, 0.5) is 17.1 Å². The van der Waals surface area contributed by atoms with Gasteiger partial charge in [0.25, 0.3) is 0 Å². The molecule has 0 fully saturated rings. The maximum atomic E-state index is 13.4. The molecule has 0 saturated heterocycles. The van der Waals surface area contributed by atoms with Crippen LogP contribution in [0, 0.1) is 0 Å². The predicted molar refractivity (Wildman–Crippen MR) is 113 cm³/mol. The van der Waals surface area contributed by atoms with E-state index in [0.717, 1.165) is 5.69 Å². The van der Waals surface area contributed by atoms with Crippen molar-refractivity contribution >= 4 is 28.6 Å². The third kappa shape index (κ3) is 3.13. The molecule has 0 radical (unpaired) electrons. The van der Waals surface area contributed by atoms with E-state index in [0.29, 0.717) is 16.9 Å². The van der Waals surface area contributed by atoms with Crippen LogP contribution in [-0.4, -0.2) is 22.7 Å². The van der Waals surface area contributed by atoms with Gasteiger partial charge in [0, 0.05) is 22.9 Å². The summed E-state index contributed by atoms with van der Waals surface area (Å²) in [4.78, 5) is 26.4. The quantitative estimate of drug-likeness (QED) is 0.364. The number of nitrogen functional groups attached to an aromatic ring is 1. The Morgan fingerprint density at radius 3 is 2.10 bits per heavy atom. The zero-order valence-corrected chi connectivity index (χ0v) is 16.1. The number of hydrogen-bond donors (Lipinski definition) is 3. The summed E-state index contributed by atoms with van der Waals surface area (Å²) in [5.41, 5.74) is 12.0. The second kappa shape index (κ2) is 7.07. The van der Waals surface area contributed by atoms with Gasteiger partial charge < -0.3 is 10.8 Å². The molecule has 1 aliphatic carbocycles. The van der Waals surface area contributed by atoms with Gasteiger partial charge in [0.1, 0.15) is 5.75 Å². The Bertz CT molecular complexity index is 1120. The summed E-state index contributed by atoms with van der Waals surface area (Å²) in [5, 5.41) is 12.0. The summed E-state index contributed by atoms with van der Waals surface area (Å²) in [5.74, 6) is -0.851. The number of rotatable bonds is 4. The van der Waals surface area contributed by atoms with Crippen molar-refractivity contribution in [2.45, 2.75) is 19.9 Å². The average Bonchev–Trinajstić information content (AvgIpc) is 2.70. The first kappa shape index (κ1) is 18.7. The Morgan fingerprint density at radius 1 is 0.862 bits per heavy atom. The first-order valence-electron chi connectivity index (χ1n) is 9.34. The van der Waals surface area contributed by atoms with Crippen molar-refractivity contribution in [1.82, 2.24) is 5.43 Å². The molecule has 4 N–H and O–H groups in total. The molecule has 6 heteroatoms. The van der Waals surface area contributed by atoms with Crippen LogP contribution in [0.25, 0.3) is 0 Å². The Hall–Kier alpha value is -3.64. The molecule has 4 rings (SSSR count). The number of nitrogens with two attached hydrogens (primary N) is 1. The predicted octanol–water partition coefficient (Wildman–Crippen LogP) is 3.80. The molecule has 0 bridgehead atoms. The molecule has 0 unspecified atom stereocenters. The Morgan fingerprint density at radius 2 is 1.45 bits per heavy atom. The summed E-state index contributed by atoms with van der Waals surface area (Å²) in [6, 6.07) is 17.0. The third-order valence-corrected chi connectivity index (χ3v) is 4.81. The number of nitrogens with zero attached hydrogens (tertiary/aromatic N) is 1. The Balaban J connectivity index is 1.93. The average molecular weight is 387 g/mol. The van der Waals surface area contributed by atoms with Crippen LogP contribution in [0.15, 0.2) is 60.7 Å². The Labute approximate surface area is 168 Å². The maximum Gasteiger partial charge on any atom is 0.198 e. The summed E-state index contributed by atoms with van der Waals surface area (Å²) >= 11 is 0. The van der Waals surface area contributed by atoms with Crippen LogP contribution in [0.2, 0.25) is 0 Å². The van der Waals surface area contributed by atoms with Gasteiger partial charge in [-0.1, -0.05) is 24.3 Å². The van der Waals surface area contributed by atoms with Crippen molar-refractivity contribution in [3.05, 3.63) is 82.9 Å². The van der Waals surface area contributed by atoms with Crippen molar-refractivity contribution in [3.8, 4) is 5.75 Å². The fourth-order valence-corrected chi connectivity index (χ4v) is 3.56. The van der Waals surface area contributed by atoms with Crippen LogP contribution < -0.4 is 16.2 Å². The van der Waals surface area contributed by atoms with Gasteiger partial charge >= 0.3 is 0 Å². The number of ketones is 2. The van der Waals surface area contributed by atoms with E-state index in [4.69, 9.17) is 5.73 Å². The number of carbonyl (C=O) groups excluding carboxylic acids is 2. The van der Waals surface area contributed by atoms with Gasteiger partial charge in [-0.2, -0.15) is 0 Å². The van der Waals surface area contributed by atoms with Gasteiger partial charge in [-0.05, 0) is 50.2 Å². The number of hydrazine groups is 1. The minimum atomic E-state index is -0.364.